The van der Waals surface area contributed by atoms with Gasteiger partial charge in [0, 0.05) is 19.4 Å². The molecule has 3 N–H and O–H groups in total. The molecule has 0 fully saturated rings. The lowest BCUT2D eigenvalue weighted by atomic mass is 10.1. The summed E-state index contributed by atoms with van der Waals surface area (Å²) in [5, 5.41) is 0. The van der Waals surface area contributed by atoms with Crippen molar-refractivity contribution in [2.75, 3.05) is 26.4 Å². The average Bonchev–Trinajstić information content (AvgIpc) is 3.02. The van der Waals surface area contributed by atoms with Gasteiger partial charge in [0.15, 0.2) is 6.10 Å². The molecule has 0 saturated carbocycles. The van der Waals surface area contributed by atoms with Crippen molar-refractivity contribution in [2.45, 2.75) is 174 Å². The second kappa shape index (κ2) is 32.7. The molecule has 0 amide bonds. The molecule has 1 unspecified atom stereocenters. The van der Waals surface area contributed by atoms with E-state index in [1.165, 1.54) is 89.9 Å². The quantitative estimate of drug-likeness (QED) is 0.0299. The van der Waals surface area contributed by atoms with Crippen LogP contribution < -0.4 is 5.73 Å². The largest absolute Gasteiger partial charge is 0.472 e. The lowest BCUT2D eigenvalue weighted by molar-refractivity contribution is -0.161. The summed E-state index contributed by atoms with van der Waals surface area (Å²) in [6.45, 7) is 3.69. The highest BCUT2D eigenvalue weighted by molar-refractivity contribution is 7.47. The van der Waals surface area contributed by atoms with Crippen LogP contribution in [0.1, 0.15) is 168 Å². The molecule has 10 heteroatoms. The first-order valence-corrected chi connectivity index (χ1v) is 19.7. The molecule has 0 rings (SSSR count). The van der Waals surface area contributed by atoms with Gasteiger partial charge in [-0.1, -0.05) is 129 Å². The summed E-state index contributed by atoms with van der Waals surface area (Å²) in [7, 11) is -4.36. The van der Waals surface area contributed by atoms with Crippen LogP contribution in [-0.4, -0.2) is 49.3 Å². The number of ether oxygens (including phenoxy) is 2. The zero-order chi connectivity index (χ0) is 33.3. The fourth-order valence-electron chi connectivity index (χ4n) is 4.92. The normalized spacial score (nSPS) is 13.6. The Labute approximate surface area is 275 Å². The van der Waals surface area contributed by atoms with Gasteiger partial charge in [0.05, 0.1) is 13.2 Å². The number of phosphoric acid groups is 1. The average molecular weight is 662 g/mol. The van der Waals surface area contributed by atoms with Crippen LogP contribution in [-0.2, 0) is 32.7 Å². The van der Waals surface area contributed by atoms with Gasteiger partial charge < -0.3 is 20.1 Å². The molecular formula is C35H68NO8P. The molecule has 0 aliphatic rings. The van der Waals surface area contributed by atoms with Gasteiger partial charge >= 0.3 is 19.8 Å². The first-order valence-electron chi connectivity index (χ1n) is 18.2. The first-order chi connectivity index (χ1) is 21.8. The summed E-state index contributed by atoms with van der Waals surface area (Å²) in [5.74, 6) is -0.845. The van der Waals surface area contributed by atoms with Crippen molar-refractivity contribution >= 4 is 19.8 Å². The Bertz CT molecular complexity index is 764. The summed E-state index contributed by atoms with van der Waals surface area (Å²) < 4.78 is 32.5. The van der Waals surface area contributed by atoms with Crippen molar-refractivity contribution in [1.29, 1.82) is 0 Å². The summed E-state index contributed by atoms with van der Waals surface area (Å²) in [6, 6.07) is 0. The number of carbonyl (C=O) groups is 2. The highest BCUT2D eigenvalue weighted by atomic mass is 31.2. The Hall–Kier alpha value is -1.25. The molecule has 0 saturated heterocycles. The van der Waals surface area contributed by atoms with Crippen molar-refractivity contribution in [3.63, 3.8) is 0 Å². The van der Waals surface area contributed by atoms with E-state index in [0.717, 1.165) is 38.5 Å². The lowest BCUT2D eigenvalue weighted by Gasteiger charge is -2.19. The van der Waals surface area contributed by atoms with E-state index >= 15 is 0 Å². The van der Waals surface area contributed by atoms with E-state index in [-0.39, 0.29) is 32.6 Å². The number of esters is 2. The Balaban J connectivity index is 4.26. The fraction of sp³-hybridized carbons (Fsp3) is 0.886. The van der Waals surface area contributed by atoms with E-state index in [1.807, 2.05) is 0 Å². The number of allylic oxidation sites excluding steroid dienone is 2. The molecule has 45 heavy (non-hydrogen) atoms. The van der Waals surface area contributed by atoms with Gasteiger partial charge in [-0.25, -0.2) is 4.57 Å². The van der Waals surface area contributed by atoms with Gasteiger partial charge in [-0.3, -0.25) is 18.6 Å². The van der Waals surface area contributed by atoms with Crippen molar-refractivity contribution in [2.24, 2.45) is 5.73 Å². The van der Waals surface area contributed by atoms with Gasteiger partial charge in [-0.05, 0) is 38.5 Å². The van der Waals surface area contributed by atoms with Gasteiger partial charge in [-0.2, -0.15) is 0 Å². The summed E-state index contributed by atoms with van der Waals surface area (Å²) in [5.41, 5.74) is 5.32. The minimum Gasteiger partial charge on any atom is -0.462 e. The third-order valence-corrected chi connectivity index (χ3v) is 8.64. The van der Waals surface area contributed by atoms with Gasteiger partial charge in [-0.15, -0.1) is 0 Å². The number of hydrogen-bond acceptors (Lipinski definition) is 8. The number of unbranched alkanes of at least 4 members (excludes halogenated alkanes) is 19. The van der Waals surface area contributed by atoms with E-state index in [1.54, 1.807) is 0 Å². The maximum absolute atomic E-state index is 12.5. The molecule has 0 aromatic heterocycles. The second-order valence-corrected chi connectivity index (χ2v) is 13.5. The van der Waals surface area contributed by atoms with Crippen LogP contribution in [0.15, 0.2) is 12.2 Å². The Morgan fingerprint density at radius 3 is 1.60 bits per heavy atom. The molecule has 0 spiro atoms. The smallest absolute Gasteiger partial charge is 0.462 e. The van der Waals surface area contributed by atoms with E-state index in [9.17, 15) is 19.0 Å². The minimum absolute atomic E-state index is 0.0539. The van der Waals surface area contributed by atoms with Crippen LogP contribution in [0.2, 0.25) is 0 Å². The molecule has 0 aliphatic carbocycles. The maximum atomic E-state index is 12.5. The Kier molecular flexibility index (Phi) is 31.8. The summed E-state index contributed by atoms with van der Waals surface area (Å²) >= 11 is 0. The molecule has 0 aromatic rings. The lowest BCUT2D eigenvalue weighted by Crippen LogP contribution is -2.29. The number of carbonyl (C=O) groups excluding carboxylic acids is 2. The molecular weight excluding hydrogens is 593 g/mol. The van der Waals surface area contributed by atoms with Gasteiger partial charge in [0.1, 0.15) is 6.61 Å². The molecule has 2 atom stereocenters. The highest BCUT2D eigenvalue weighted by Gasteiger charge is 2.25. The molecule has 266 valence electrons. The first kappa shape index (κ1) is 43.8. The van der Waals surface area contributed by atoms with Crippen molar-refractivity contribution in [3.8, 4) is 0 Å². The van der Waals surface area contributed by atoms with Crippen LogP contribution in [0.25, 0.3) is 0 Å². The van der Waals surface area contributed by atoms with Crippen molar-refractivity contribution < 1.29 is 37.6 Å². The summed E-state index contributed by atoms with van der Waals surface area (Å²) in [6.07, 6.45) is 29.6. The Morgan fingerprint density at radius 2 is 1.09 bits per heavy atom. The third kappa shape index (κ3) is 32.5. The van der Waals surface area contributed by atoms with E-state index in [4.69, 9.17) is 24.3 Å². The molecule has 0 radical (unpaired) electrons. The van der Waals surface area contributed by atoms with Crippen LogP contribution in [0.4, 0.5) is 0 Å². The minimum atomic E-state index is -4.36. The molecule has 0 heterocycles. The molecule has 9 nitrogen and oxygen atoms in total. The predicted molar refractivity (Wildman–Crippen MR) is 183 cm³/mol. The second-order valence-electron chi connectivity index (χ2n) is 12.1. The Morgan fingerprint density at radius 1 is 0.644 bits per heavy atom. The molecule has 0 aliphatic heterocycles. The standard InChI is InChI=1S/C35H68NO8P/c1-3-5-7-9-11-13-15-16-18-19-21-23-25-27-34(37)41-31-33(32-43-45(39,40)42-30-29-36)44-35(38)28-26-24-22-20-17-14-12-10-8-6-4-2/h16,18,33H,3-15,17,19-32,36H2,1-2H3,(H,39,40)/b18-16+/t33-/m1/s1. The number of phosphoric ester groups is 1. The van der Waals surface area contributed by atoms with Gasteiger partial charge in [0.25, 0.3) is 0 Å². The maximum Gasteiger partial charge on any atom is 0.472 e. The van der Waals surface area contributed by atoms with Gasteiger partial charge in [0.2, 0.25) is 0 Å². The summed E-state index contributed by atoms with van der Waals surface area (Å²) in [4.78, 5) is 34.6. The fourth-order valence-corrected chi connectivity index (χ4v) is 5.69. The number of nitrogens with two attached hydrogens (primary N) is 1. The predicted octanol–water partition coefficient (Wildman–Crippen LogP) is 9.49. The number of hydrogen-bond donors (Lipinski definition) is 2. The highest BCUT2D eigenvalue weighted by Crippen LogP contribution is 2.43. The van der Waals surface area contributed by atoms with E-state index in [2.05, 4.69) is 26.0 Å². The van der Waals surface area contributed by atoms with Crippen LogP contribution in [0, 0.1) is 0 Å². The van der Waals surface area contributed by atoms with Crippen molar-refractivity contribution in [1.82, 2.24) is 0 Å². The van der Waals surface area contributed by atoms with Crippen LogP contribution in [0.5, 0.6) is 0 Å². The SMILES string of the molecule is CCCCCCCC/C=C/CCCCCC(=O)OC[C@H](COP(=O)(O)OCCN)OC(=O)CCCCCCCCCCCCC. The number of rotatable bonds is 34. The zero-order valence-electron chi connectivity index (χ0n) is 28.9. The molecule has 0 bridgehead atoms. The third-order valence-electron chi connectivity index (χ3n) is 7.65. The van der Waals surface area contributed by atoms with E-state index < -0.39 is 32.5 Å². The topological polar surface area (TPSA) is 134 Å². The monoisotopic (exact) mass is 661 g/mol. The van der Waals surface area contributed by atoms with Crippen LogP contribution in [0.3, 0.4) is 0 Å². The zero-order valence-corrected chi connectivity index (χ0v) is 29.8. The molecule has 0 aromatic carbocycles. The van der Waals surface area contributed by atoms with Crippen molar-refractivity contribution in [3.05, 3.63) is 12.2 Å². The van der Waals surface area contributed by atoms with Crippen LogP contribution >= 0.6 is 7.82 Å². The van der Waals surface area contributed by atoms with E-state index in [0.29, 0.717) is 12.8 Å².